The Labute approximate surface area is 106 Å². The van der Waals surface area contributed by atoms with E-state index in [2.05, 4.69) is 65.8 Å². The third-order valence-corrected chi connectivity index (χ3v) is 4.81. The van der Waals surface area contributed by atoms with E-state index in [1.54, 1.807) is 11.1 Å². The van der Waals surface area contributed by atoms with Crippen LogP contribution in [0.3, 0.4) is 0 Å². The van der Waals surface area contributed by atoms with Crippen LogP contribution in [0.5, 0.6) is 0 Å². The van der Waals surface area contributed by atoms with Gasteiger partial charge in [-0.15, -0.1) is 0 Å². The highest BCUT2D eigenvalue weighted by Crippen LogP contribution is 2.59. The lowest BCUT2D eigenvalue weighted by molar-refractivity contribution is 0.0525. The molecule has 0 spiro atoms. The molecular formula is C17H26. The van der Waals surface area contributed by atoms with Crippen LogP contribution in [0.1, 0.15) is 59.1 Å². The van der Waals surface area contributed by atoms with E-state index in [0.29, 0.717) is 16.2 Å². The SMILES string of the molecule is CC(C)(C)C1(C(C)(C)C)CCc2ccccc21. The van der Waals surface area contributed by atoms with Crippen LogP contribution in [-0.2, 0) is 11.8 Å². The van der Waals surface area contributed by atoms with Gasteiger partial charge in [0.15, 0.2) is 0 Å². The molecule has 1 aliphatic carbocycles. The third kappa shape index (κ3) is 1.64. The number of aryl methyl sites for hydroxylation is 1. The van der Waals surface area contributed by atoms with Crippen molar-refractivity contribution < 1.29 is 0 Å². The fraction of sp³-hybridized carbons (Fsp3) is 0.647. The Hall–Kier alpha value is -0.780. The second-order valence-corrected chi connectivity index (χ2v) is 7.56. The summed E-state index contributed by atoms with van der Waals surface area (Å²) in [5, 5.41) is 0. The Balaban J connectivity index is 2.68. The van der Waals surface area contributed by atoms with E-state index in [-0.39, 0.29) is 0 Å². The minimum Gasteiger partial charge on any atom is -0.0620 e. The summed E-state index contributed by atoms with van der Waals surface area (Å²) in [6.07, 6.45) is 2.53. The van der Waals surface area contributed by atoms with Crippen LogP contribution in [0.4, 0.5) is 0 Å². The molecule has 0 radical (unpaired) electrons. The van der Waals surface area contributed by atoms with Crippen molar-refractivity contribution in [2.75, 3.05) is 0 Å². The van der Waals surface area contributed by atoms with Crippen LogP contribution in [0.15, 0.2) is 24.3 Å². The maximum Gasteiger partial charge on any atom is 0.00558 e. The van der Waals surface area contributed by atoms with E-state index in [4.69, 9.17) is 0 Å². The number of hydrogen-bond acceptors (Lipinski definition) is 0. The van der Waals surface area contributed by atoms with Crippen LogP contribution >= 0.6 is 0 Å². The highest BCUT2D eigenvalue weighted by atomic mass is 14.6. The number of benzene rings is 1. The van der Waals surface area contributed by atoms with Crippen LogP contribution < -0.4 is 0 Å². The van der Waals surface area contributed by atoms with Crippen molar-refractivity contribution >= 4 is 0 Å². The molecular weight excluding hydrogens is 204 g/mol. The van der Waals surface area contributed by atoms with Gasteiger partial charge >= 0.3 is 0 Å². The van der Waals surface area contributed by atoms with Gasteiger partial charge in [0, 0.05) is 5.41 Å². The van der Waals surface area contributed by atoms with Crippen LogP contribution in [0, 0.1) is 10.8 Å². The lowest BCUT2D eigenvalue weighted by Gasteiger charge is -2.52. The molecule has 1 aromatic carbocycles. The Bertz CT molecular complexity index is 398. The van der Waals surface area contributed by atoms with Crippen LogP contribution in [0.25, 0.3) is 0 Å². The van der Waals surface area contributed by atoms with E-state index in [0.717, 1.165) is 0 Å². The Morgan fingerprint density at radius 1 is 0.882 bits per heavy atom. The summed E-state index contributed by atoms with van der Waals surface area (Å²) in [5.41, 5.74) is 4.07. The molecule has 2 rings (SSSR count). The first-order chi connectivity index (χ1) is 7.70. The molecule has 0 heteroatoms. The van der Waals surface area contributed by atoms with Gasteiger partial charge in [-0.3, -0.25) is 0 Å². The van der Waals surface area contributed by atoms with E-state index in [1.807, 2.05) is 0 Å². The van der Waals surface area contributed by atoms with Crippen molar-refractivity contribution in [2.45, 2.75) is 59.8 Å². The molecule has 0 heterocycles. The van der Waals surface area contributed by atoms with Gasteiger partial charge in [0.2, 0.25) is 0 Å². The van der Waals surface area contributed by atoms with Gasteiger partial charge in [-0.05, 0) is 34.8 Å². The zero-order chi connectivity index (χ0) is 12.9. The summed E-state index contributed by atoms with van der Waals surface area (Å²) in [6, 6.07) is 9.06. The van der Waals surface area contributed by atoms with Gasteiger partial charge in [0.1, 0.15) is 0 Å². The molecule has 1 aromatic rings. The van der Waals surface area contributed by atoms with E-state index < -0.39 is 0 Å². The van der Waals surface area contributed by atoms with Gasteiger partial charge < -0.3 is 0 Å². The predicted molar refractivity (Wildman–Crippen MR) is 75.4 cm³/mol. The second-order valence-electron chi connectivity index (χ2n) is 7.56. The quantitative estimate of drug-likeness (QED) is 0.590. The van der Waals surface area contributed by atoms with Crippen molar-refractivity contribution in [3.63, 3.8) is 0 Å². The molecule has 0 saturated carbocycles. The summed E-state index contributed by atoms with van der Waals surface area (Å²) >= 11 is 0. The number of rotatable bonds is 0. The summed E-state index contributed by atoms with van der Waals surface area (Å²) in [6.45, 7) is 14.4. The number of fused-ring (bicyclic) bond motifs is 1. The minimum absolute atomic E-state index is 0.302. The molecule has 0 aliphatic heterocycles. The van der Waals surface area contributed by atoms with E-state index in [9.17, 15) is 0 Å². The molecule has 0 saturated heterocycles. The summed E-state index contributed by atoms with van der Waals surface area (Å²) < 4.78 is 0. The number of hydrogen-bond donors (Lipinski definition) is 0. The summed E-state index contributed by atoms with van der Waals surface area (Å²) in [4.78, 5) is 0. The van der Waals surface area contributed by atoms with Crippen molar-refractivity contribution in [2.24, 2.45) is 10.8 Å². The van der Waals surface area contributed by atoms with Gasteiger partial charge in [-0.1, -0.05) is 65.8 Å². The Morgan fingerprint density at radius 2 is 1.41 bits per heavy atom. The average Bonchev–Trinajstić information content (AvgIpc) is 2.55. The van der Waals surface area contributed by atoms with Gasteiger partial charge in [0.25, 0.3) is 0 Å². The molecule has 0 amide bonds. The molecule has 0 atom stereocenters. The molecule has 0 bridgehead atoms. The highest BCUT2D eigenvalue weighted by molar-refractivity contribution is 5.42. The Kier molecular flexibility index (Phi) is 2.69. The molecule has 0 nitrogen and oxygen atoms in total. The van der Waals surface area contributed by atoms with Crippen LogP contribution in [0.2, 0.25) is 0 Å². The van der Waals surface area contributed by atoms with E-state index >= 15 is 0 Å². The lowest BCUT2D eigenvalue weighted by Crippen LogP contribution is -2.48. The smallest absolute Gasteiger partial charge is 0.00558 e. The monoisotopic (exact) mass is 230 g/mol. The molecule has 0 aromatic heterocycles. The first-order valence-corrected chi connectivity index (χ1v) is 6.78. The topological polar surface area (TPSA) is 0 Å². The zero-order valence-electron chi connectivity index (χ0n) is 12.2. The fourth-order valence-electron chi connectivity index (χ4n) is 4.29. The molecule has 0 N–H and O–H groups in total. The predicted octanol–water partition coefficient (Wildman–Crippen LogP) is 4.96. The van der Waals surface area contributed by atoms with E-state index in [1.165, 1.54) is 12.8 Å². The second kappa shape index (κ2) is 3.60. The maximum absolute atomic E-state index is 2.40. The molecule has 0 unspecified atom stereocenters. The zero-order valence-corrected chi connectivity index (χ0v) is 12.2. The molecule has 94 valence electrons. The Morgan fingerprint density at radius 3 is 1.94 bits per heavy atom. The largest absolute Gasteiger partial charge is 0.0620 e. The maximum atomic E-state index is 2.40. The van der Waals surface area contributed by atoms with Gasteiger partial charge in [-0.25, -0.2) is 0 Å². The third-order valence-electron chi connectivity index (χ3n) is 4.81. The van der Waals surface area contributed by atoms with Gasteiger partial charge in [0.05, 0.1) is 0 Å². The summed E-state index contributed by atoms with van der Waals surface area (Å²) in [7, 11) is 0. The fourth-order valence-corrected chi connectivity index (χ4v) is 4.29. The highest BCUT2D eigenvalue weighted by Gasteiger charge is 2.54. The first-order valence-electron chi connectivity index (χ1n) is 6.78. The molecule has 1 aliphatic rings. The van der Waals surface area contributed by atoms with Crippen molar-refractivity contribution in [1.82, 2.24) is 0 Å². The first kappa shape index (κ1) is 12.7. The van der Waals surface area contributed by atoms with Gasteiger partial charge in [-0.2, -0.15) is 0 Å². The normalized spacial score (nSPS) is 19.2. The lowest BCUT2D eigenvalue weighted by atomic mass is 9.51. The summed E-state index contributed by atoms with van der Waals surface area (Å²) in [5.74, 6) is 0. The standard InChI is InChI=1S/C17H26/c1-15(2,3)17(16(4,5)6)12-11-13-9-7-8-10-14(13)17/h7-10H,11-12H2,1-6H3. The average molecular weight is 230 g/mol. The van der Waals surface area contributed by atoms with Crippen molar-refractivity contribution in [1.29, 1.82) is 0 Å². The van der Waals surface area contributed by atoms with Crippen LogP contribution in [-0.4, -0.2) is 0 Å². The molecule has 0 fully saturated rings. The molecule has 17 heavy (non-hydrogen) atoms. The van der Waals surface area contributed by atoms with Crippen molar-refractivity contribution in [3.05, 3.63) is 35.4 Å². The van der Waals surface area contributed by atoms with Crippen molar-refractivity contribution in [3.8, 4) is 0 Å². The minimum atomic E-state index is 0.302.